The molecule has 4 nitrogen and oxygen atoms in total. The van der Waals surface area contributed by atoms with Gasteiger partial charge in [0.25, 0.3) is 0 Å². The number of benzene rings is 1. The van der Waals surface area contributed by atoms with Crippen LogP contribution in [-0.2, 0) is 6.54 Å². The van der Waals surface area contributed by atoms with Gasteiger partial charge in [-0.1, -0.05) is 19.9 Å². The van der Waals surface area contributed by atoms with Crippen LogP contribution in [0.5, 0.6) is 17.4 Å². The first kappa shape index (κ1) is 15.3. The number of pyridine rings is 1. The summed E-state index contributed by atoms with van der Waals surface area (Å²) in [6.07, 6.45) is 1.83. The minimum Gasteiger partial charge on any atom is -0.494 e. The van der Waals surface area contributed by atoms with Crippen molar-refractivity contribution >= 4 is 0 Å². The Morgan fingerprint density at radius 1 is 1.05 bits per heavy atom. The second kappa shape index (κ2) is 7.64. The number of nitrogens with one attached hydrogen (secondary N) is 1. The predicted octanol–water partition coefficient (Wildman–Crippen LogP) is 3.77. The van der Waals surface area contributed by atoms with Crippen LogP contribution in [0.1, 0.15) is 26.3 Å². The standard InChI is InChI=1S/C17H22N2O2/c1-4-20-15-6-8-16(9-7-15)21-17-10-5-14(12-19-17)11-18-13(2)3/h5-10,12-13,18H,4,11H2,1-3H3. The fraction of sp³-hybridized carbons (Fsp3) is 0.353. The van der Waals surface area contributed by atoms with E-state index in [1.54, 1.807) is 0 Å². The molecule has 21 heavy (non-hydrogen) atoms. The molecule has 0 radical (unpaired) electrons. The van der Waals surface area contributed by atoms with Gasteiger partial charge in [0.2, 0.25) is 5.88 Å². The maximum absolute atomic E-state index is 5.70. The minimum absolute atomic E-state index is 0.463. The van der Waals surface area contributed by atoms with E-state index in [4.69, 9.17) is 9.47 Å². The van der Waals surface area contributed by atoms with E-state index in [2.05, 4.69) is 24.1 Å². The summed E-state index contributed by atoms with van der Waals surface area (Å²) in [7, 11) is 0. The number of ether oxygens (including phenoxy) is 2. The molecule has 0 fully saturated rings. The van der Waals surface area contributed by atoms with E-state index >= 15 is 0 Å². The third-order valence-electron chi connectivity index (χ3n) is 2.87. The van der Waals surface area contributed by atoms with Crippen molar-refractivity contribution in [1.29, 1.82) is 0 Å². The van der Waals surface area contributed by atoms with E-state index in [-0.39, 0.29) is 0 Å². The average molecular weight is 286 g/mol. The van der Waals surface area contributed by atoms with Crippen LogP contribution in [0.15, 0.2) is 42.6 Å². The Hall–Kier alpha value is -2.07. The van der Waals surface area contributed by atoms with E-state index in [1.807, 2.05) is 49.5 Å². The van der Waals surface area contributed by atoms with Crippen molar-refractivity contribution in [3.05, 3.63) is 48.2 Å². The van der Waals surface area contributed by atoms with E-state index < -0.39 is 0 Å². The van der Waals surface area contributed by atoms with Gasteiger partial charge in [0.15, 0.2) is 0 Å². The van der Waals surface area contributed by atoms with Gasteiger partial charge in [-0.3, -0.25) is 0 Å². The molecule has 0 bridgehead atoms. The summed E-state index contributed by atoms with van der Waals surface area (Å²) in [5.41, 5.74) is 1.14. The second-order valence-electron chi connectivity index (χ2n) is 5.05. The molecule has 0 amide bonds. The molecule has 1 aromatic carbocycles. The third-order valence-corrected chi connectivity index (χ3v) is 2.87. The summed E-state index contributed by atoms with van der Waals surface area (Å²) in [6.45, 7) is 7.68. The Kier molecular flexibility index (Phi) is 5.58. The second-order valence-corrected chi connectivity index (χ2v) is 5.05. The Morgan fingerprint density at radius 3 is 2.33 bits per heavy atom. The maximum atomic E-state index is 5.70. The lowest BCUT2D eigenvalue weighted by molar-refractivity contribution is 0.339. The summed E-state index contributed by atoms with van der Waals surface area (Å²) >= 11 is 0. The predicted molar refractivity (Wildman–Crippen MR) is 83.9 cm³/mol. The molecule has 0 saturated carbocycles. The molecular formula is C17H22N2O2. The molecule has 1 N–H and O–H groups in total. The zero-order valence-electron chi connectivity index (χ0n) is 12.8. The molecule has 0 saturated heterocycles. The molecule has 0 aliphatic carbocycles. The minimum atomic E-state index is 0.463. The lowest BCUT2D eigenvalue weighted by Crippen LogP contribution is -2.21. The maximum Gasteiger partial charge on any atom is 0.219 e. The average Bonchev–Trinajstić information content (AvgIpc) is 2.49. The number of nitrogens with zero attached hydrogens (tertiary/aromatic N) is 1. The largest absolute Gasteiger partial charge is 0.494 e. The monoisotopic (exact) mass is 286 g/mol. The smallest absolute Gasteiger partial charge is 0.219 e. The summed E-state index contributed by atoms with van der Waals surface area (Å²) in [6, 6.07) is 11.9. The SMILES string of the molecule is CCOc1ccc(Oc2ccc(CNC(C)C)cn2)cc1. The molecule has 1 aromatic heterocycles. The highest BCUT2D eigenvalue weighted by atomic mass is 16.5. The quantitative estimate of drug-likeness (QED) is 0.841. The lowest BCUT2D eigenvalue weighted by atomic mass is 10.2. The fourth-order valence-corrected chi connectivity index (χ4v) is 1.79. The Balaban J connectivity index is 1.93. The Bertz CT molecular complexity index is 536. The van der Waals surface area contributed by atoms with Gasteiger partial charge in [0, 0.05) is 24.8 Å². The first-order valence-corrected chi connectivity index (χ1v) is 7.26. The van der Waals surface area contributed by atoms with Crippen molar-refractivity contribution in [2.75, 3.05) is 6.61 Å². The zero-order valence-corrected chi connectivity index (χ0v) is 12.8. The summed E-state index contributed by atoms with van der Waals surface area (Å²) < 4.78 is 11.1. The highest BCUT2D eigenvalue weighted by molar-refractivity contribution is 5.33. The Labute approximate surface area is 126 Å². The topological polar surface area (TPSA) is 43.4 Å². The number of aromatic nitrogens is 1. The number of hydrogen-bond donors (Lipinski definition) is 1. The summed E-state index contributed by atoms with van der Waals surface area (Å²) in [4.78, 5) is 4.32. The van der Waals surface area contributed by atoms with Gasteiger partial charge < -0.3 is 14.8 Å². The van der Waals surface area contributed by atoms with E-state index in [0.717, 1.165) is 23.6 Å². The normalized spacial score (nSPS) is 10.7. The van der Waals surface area contributed by atoms with Crippen LogP contribution < -0.4 is 14.8 Å². The van der Waals surface area contributed by atoms with Crippen LogP contribution in [0.4, 0.5) is 0 Å². The van der Waals surface area contributed by atoms with Crippen molar-refractivity contribution in [3.8, 4) is 17.4 Å². The highest BCUT2D eigenvalue weighted by Crippen LogP contribution is 2.22. The molecule has 0 aliphatic heterocycles. The molecule has 2 aromatic rings. The fourth-order valence-electron chi connectivity index (χ4n) is 1.79. The van der Waals surface area contributed by atoms with Gasteiger partial charge in [0.05, 0.1) is 6.61 Å². The van der Waals surface area contributed by atoms with Crippen molar-refractivity contribution in [2.45, 2.75) is 33.4 Å². The van der Waals surface area contributed by atoms with Gasteiger partial charge in [-0.25, -0.2) is 4.98 Å². The van der Waals surface area contributed by atoms with Crippen molar-refractivity contribution in [2.24, 2.45) is 0 Å². The molecule has 2 rings (SSSR count). The van der Waals surface area contributed by atoms with Crippen LogP contribution in [0, 0.1) is 0 Å². The number of hydrogen-bond acceptors (Lipinski definition) is 4. The van der Waals surface area contributed by atoms with Crippen molar-refractivity contribution in [3.63, 3.8) is 0 Å². The third kappa shape index (κ3) is 5.08. The molecule has 0 aliphatic rings. The van der Waals surface area contributed by atoms with Crippen molar-refractivity contribution in [1.82, 2.24) is 10.3 Å². The van der Waals surface area contributed by atoms with Crippen LogP contribution in [-0.4, -0.2) is 17.6 Å². The van der Waals surface area contributed by atoms with Gasteiger partial charge in [-0.05, 0) is 36.8 Å². The van der Waals surface area contributed by atoms with Gasteiger partial charge >= 0.3 is 0 Å². The summed E-state index contributed by atoms with van der Waals surface area (Å²) in [5.74, 6) is 2.18. The van der Waals surface area contributed by atoms with Crippen LogP contribution in [0.3, 0.4) is 0 Å². The van der Waals surface area contributed by atoms with Crippen LogP contribution in [0.25, 0.3) is 0 Å². The van der Waals surface area contributed by atoms with Gasteiger partial charge in [-0.15, -0.1) is 0 Å². The number of rotatable bonds is 7. The van der Waals surface area contributed by atoms with E-state index in [1.165, 1.54) is 0 Å². The molecular weight excluding hydrogens is 264 g/mol. The Morgan fingerprint density at radius 2 is 1.76 bits per heavy atom. The molecule has 112 valence electrons. The molecule has 1 heterocycles. The molecule has 0 atom stereocenters. The molecule has 4 heteroatoms. The van der Waals surface area contributed by atoms with Gasteiger partial charge in [-0.2, -0.15) is 0 Å². The first-order chi connectivity index (χ1) is 10.2. The zero-order chi connectivity index (χ0) is 15.1. The van der Waals surface area contributed by atoms with E-state index in [0.29, 0.717) is 18.5 Å². The van der Waals surface area contributed by atoms with Crippen molar-refractivity contribution < 1.29 is 9.47 Å². The first-order valence-electron chi connectivity index (χ1n) is 7.26. The molecule has 0 unspecified atom stereocenters. The van der Waals surface area contributed by atoms with Gasteiger partial charge in [0.1, 0.15) is 11.5 Å². The van der Waals surface area contributed by atoms with Crippen LogP contribution >= 0.6 is 0 Å². The van der Waals surface area contributed by atoms with Crippen LogP contribution in [0.2, 0.25) is 0 Å². The lowest BCUT2D eigenvalue weighted by Gasteiger charge is -2.09. The summed E-state index contributed by atoms with van der Waals surface area (Å²) in [5, 5.41) is 3.35. The van der Waals surface area contributed by atoms with E-state index in [9.17, 15) is 0 Å². The highest BCUT2D eigenvalue weighted by Gasteiger charge is 2.01. The molecule has 0 spiro atoms.